The van der Waals surface area contributed by atoms with Crippen molar-refractivity contribution in [1.29, 1.82) is 0 Å². The maximum absolute atomic E-state index is 12.0. The molecule has 6 heteroatoms. The van der Waals surface area contributed by atoms with Crippen LogP contribution >= 0.6 is 0 Å². The van der Waals surface area contributed by atoms with Gasteiger partial charge in [-0.15, -0.1) is 0 Å². The van der Waals surface area contributed by atoms with Crippen molar-refractivity contribution in [2.75, 3.05) is 6.26 Å². The summed E-state index contributed by atoms with van der Waals surface area (Å²) in [6.07, 6.45) is 13.6. The number of aromatic nitrogens is 3. The summed E-state index contributed by atoms with van der Waals surface area (Å²) in [7, 11) is -3.02. The molecule has 2 aromatic heterocycles. The van der Waals surface area contributed by atoms with E-state index in [1.165, 1.54) is 43.9 Å². The third kappa shape index (κ3) is 4.05. The second-order valence-electron chi connectivity index (χ2n) is 8.46. The van der Waals surface area contributed by atoms with Gasteiger partial charge in [-0.2, -0.15) is 9.65 Å². The monoisotopic (exact) mass is 432 g/mol. The van der Waals surface area contributed by atoms with E-state index in [-0.39, 0.29) is 0 Å². The Bertz CT molecular complexity index is 1270. The summed E-state index contributed by atoms with van der Waals surface area (Å²) in [6, 6.07) is 16.0. The zero-order valence-electron chi connectivity index (χ0n) is 17.6. The van der Waals surface area contributed by atoms with E-state index in [0.717, 1.165) is 27.9 Å². The third-order valence-corrected chi connectivity index (χ3v) is 7.39. The van der Waals surface area contributed by atoms with Crippen molar-refractivity contribution in [1.82, 2.24) is 14.6 Å². The molecule has 0 bridgehead atoms. The molecule has 158 valence electrons. The SMILES string of the molecule is C[S+](=O)(O)c1cccc(-c2cnn3cc(-c4ccc(C5CCCCC5)cc4)cnc23)c1. The highest BCUT2D eigenvalue weighted by atomic mass is 32.3. The van der Waals surface area contributed by atoms with E-state index in [1.807, 2.05) is 18.5 Å². The Labute approximate surface area is 183 Å². The lowest BCUT2D eigenvalue weighted by molar-refractivity contribution is 0.443. The fourth-order valence-electron chi connectivity index (χ4n) is 4.51. The Kier molecular flexibility index (Phi) is 5.20. The largest absolute Gasteiger partial charge is 0.244 e. The average molecular weight is 433 g/mol. The van der Waals surface area contributed by atoms with Crippen LogP contribution in [0.2, 0.25) is 0 Å². The molecule has 1 N–H and O–H groups in total. The Morgan fingerprint density at radius 3 is 2.48 bits per heavy atom. The minimum atomic E-state index is -3.02. The van der Waals surface area contributed by atoms with E-state index < -0.39 is 10.2 Å². The van der Waals surface area contributed by atoms with E-state index in [0.29, 0.717) is 10.8 Å². The molecule has 5 rings (SSSR count). The highest BCUT2D eigenvalue weighted by Crippen LogP contribution is 2.34. The Hall–Kier alpha value is -2.83. The standard InChI is InChI=1S/C25H25N3O2S/c1-31(29,30)23-9-5-8-21(14-23)24-16-27-28-17-22(15-26-25(24)28)20-12-10-19(11-13-20)18-6-3-2-4-7-18/h5,8-18H,2-4,6-7H2,1H3/p+1. The van der Waals surface area contributed by atoms with E-state index in [1.54, 1.807) is 28.9 Å². The van der Waals surface area contributed by atoms with Gasteiger partial charge in [0.25, 0.3) is 0 Å². The molecule has 0 radical (unpaired) electrons. The molecule has 5 nitrogen and oxygen atoms in total. The number of nitrogens with zero attached hydrogens (tertiary/aromatic N) is 3. The predicted octanol–water partition coefficient (Wildman–Crippen LogP) is 6.07. The first kappa shape index (κ1) is 20.1. The van der Waals surface area contributed by atoms with Gasteiger partial charge in [0.2, 0.25) is 10.2 Å². The van der Waals surface area contributed by atoms with Crippen LogP contribution in [0.25, 0.3) is 27.9 Å². The van der Waals surface area contributed by atoms with Crippen LogP contribution in [0, 0.1) is 0 Å². The maximum atomic E-state index is 12.0. The number of rotatable bonds is 4. The summed E-state index contributed by atoms with van der Waals surface area (Å²) in [4.78, 5) is 5.07. The summed E-state index contributed by atoms with van der Waals surface area (Å²) < 4.78 is 23.7. The van der Waals surface area contributed by atoms with E-state index in [9.17, 15) is 8.76 Å². The normalized spacial score (nSPS) is 17.0. The van der Waals surface area contributed by atoms with Gasteiger partial charge in [0.15, 0.2) is 10.5 Å². The highest BCUT2D eigenvalue weighted by Gasteiger charge is 2.22. The minimum absolute atomic E-state index is 0.402. The summed E-state index contributed by atoms with van der Waals surface area (Å²) in [5.41, 5.74) is 5.96. The molecular formula is C25H26N3O2S+. The summed E-state index contributed by atoms with van der Waals surface area (Å²) in [5.74, 6) is 0.699. The third-order valence-electron chi connectivity index (χ3n) is 6.26. The maximum Gasteiger partial charge on any atom is 0.244 e. The number of hydrogen-bond donors (Lipinski definition) is 1. The van der Waals surface area contributed by atoms with Crippen LogP contribution in [0.15, 0.2) is 72.0 Å². The van der Waals surface area contributed by atoms with Crippen LogP contribution < -0.4 is 0 Å². The lowest BCUT2D eigenvalue weighted by Crippen LogP contribution is -2.05. The molecule has 0 aliphatic heterocycles. The van der Waals surface area contributed by atoms with Gasteiger partial charge in [0.1, 0.15) is 6.26 Å². The Morgan fingerprint density at radius 2 is 1.74 bits per heavy atom. The molecule has 1 fully saturated rings. The average Bonchev–Trinajstić information content (AvgIpc) is 3.23. The van der Waals surface area contributed by atoms with Crippen molar-refractivity contribution in [3.8, 4) is 22.3 Å². The molecule has 1 aliphatic rings. The van der Waals surface area contributed by atoms with E-state index in [4.69, 9.17) is 0 Å². The van der Waals surface area contributed by atoms with E-state index >= 15 is 0 Å². The summed E-state index contributed by atoms with van der Waals surface area (Å²) >= 11 is 0. The first-order valence-electron chi connectivity index (χ1n) is 10.7. The van der Waals surface area contributed by atoms with Crippen LogP contribution in [-0.4, -0.2) is 25.4 Å². The van der Waals surface area contributed by atoms with Gasteiger partial charge in [-0.25, -0.2) is 9.50 Å². The molecule has 2 aromatic carbocycles. The second-order valence-corrected chi connectivity index (χ2v) is 10.5. The van der Waals surface area contributed by atoms with Crippen LogP contribution in [0.1, 0.15) is 43.6 Å². The number of hydrogen-bond acceptors (Lipinski definition) is 3. The lowest BCUT2D eigenvalue weighted by Gasteiger charge is -2.22. The van der Waals surface area contributed by atoms with Crippen LogP contribution in [0.3, 0.4) is 0 Å². The molecule has 4 aromatic rings. The van der Waals surface area contributed by atoms with Crippen LogP contribution in [0.5, 0.6) is 0 Å². The smallest absolute Gasteiger partial charge is 0.236 e. The van der Waals surface area contributed by atoms with Crippen LogP contribution in [0.4, 0.5) is 0 Å². The van der Waals surface area contributed by atoms with Gasteiger partial charge < -0.3 is 0 Å². The fourth-order valence-corrected chi connectivity index (χ4v) is 5.19. The molecule has 0 spiro atoms. The van der Waals surface area contributed by atoms with Crippen molar-refractivity contribution in [3.63, 3.8) is 0 Å². The van der Waals surface area contributed by atoms with Gasteiger partial charge in [0, 0.05) is 29.6 Å². The summed E-state index contributed by atoms with van der Waals surface area (Å²) in [6.45, 7) is 0. The second kappa shape index (κ2) is 8.02. The fraction of sp³-hybridized carbons (Fsp3) is 0.280. The van der Waals surface area contributed by atoms with Gasteiger partial charge in [0.05, 0.1) is 6.20 Å². The highest BCUT2D eigenvalue weighted by molar-refractivity contribution is 7.97. The quantitative estimate of drug-likeness (QED) is 0.397. The molecule has 1 atom stereocenters. The molecule has 0 saturated heterocycles. The summed E-state index contributed by atoms with van der Waals surface area (Å²) in [5, 5.41) is 4.48. The van der Waals surface area contributed by atoms with Crippen molar-refractivity contribution in [2.24, 2.45) is 0 Å². The first-order valence-corrected chi connectivity index (χ1v) is 12.7. The Balaban J connectivity index is 1.45. The van der Waals surface area contributed by atoms with Gasteiger partial charge in [-0.1, -0.05) is 59.9 Å². The molecule has 1 unspecified atom stereocenters. The van der Waals surface area contributed by atoms with Crippen LogP contribution in [-0.2, 0) is 14.4 Å². The van der Waals surface area contributed by atoms with Gasteiger partial charge >= 0.3 is 0 Å². The number of benzene rings is 2. The first-order chi connectivity index (χ1) is 15.0. The zero-order chi connectivity index (χ0) is 21.4. The molecule has 2 heterocycles. The Morgan fingerprint density at radius 1 is 0.968 bits per heavy atom. The molecule has 1 saturated carbocycles. The topological polar surface area (TPSA) is 67.5 Å². The molecular weight excluding hydrogens is 406 g/mol. The van der Waals surface area contributed by atoms with Crippen molar-refractivity contribution in [2.45, 2.75) is 42.9 Å². The van der Waals surface area contributed by atoms with Crippen molar-refractivity contribution in [3.05, 3.63) is 72.7 Å². The number of fused-ring (bicyclic) bond motifs is 1. The molecule has 0 amide bonds. The van der Waals surface area contributed by atoms with Gasteiger partial charge in [-0.3, -0.25) is 0 Å². The minimum Gasteiger partial charge on any atom is -0.236 e. The van der Waals surface area contributed by atoms with Crippen molar-refractivity contribution >= 4 is 15.9 Å². The van der Waals surface area contributed by atoms with Crippen molar-refractivity contribution < 1.29 is 8.76 Å². The van der Waals surface area contributed by atoms with Gasteiger partial charge in [-0.05, 0) is 41.5 Å². The molecule has 31 heavy (non-hydrogen) atoms. The lowest BCUT2D eigenvalue weighted by atomic mass is 9.84. The zero-order valence-corrected chi connectivity index (χ0v) is 18.4. The molecule has 1 aliphatic carbocycles. The predicted molar refractivity (Wildman–Crippen MR) is 125 cm³/mol. The van der Waals surface area contributed by atoms with E-state index in [2.05, 4.69) is 34.3 Å².